The Morgan fingerprint density at radius 3 is 2.76 bits per heavy atom. The molecule has 1 saturated heterocycles. The molecular formula is C22H23ClF3N5O3. The zero-order valence-corrected chi connectivity index (χ0v) is 19.1. The topological polar surface area (TPSA) is 84.9 Å². The predicted molar refractivity (Wildman–Crippen MR) is 121 cm³/mol. The highest BCUT2D eigenvalue weighted by molar-refractivity contribution is 6.33. The van der Waals surface area contributed by atoms with Crippen LogP contribution in [0.25, 0.3) is 16.9 Å². The van der Waals surface area contributed by atoms with Gasteiger partial charge in [0.05, 0.1) is 33.5 Å². The number of imidazole rings is 1. The highest BCUT2D eigenvalue weighted by atomic mass is 35.5. The number of pyridine rings is 1. The van der Waals surface area contributed by atoms with E-state index in [4.69, 9.17) is 16.3 Å². The Morgan fingerprint density at radius 1 is 1.26 bits per heavy atom. The molecule has 0 unspecified atom stereocenters. The van der Waals surface area contributed by atoms with Gasteiger partial charge >= 0.3 is 11.9 Å². The van der Waals surface area contributed by atoms with E-state index in [0.29, 0.717) is 30.0 Å². The number of benzene rings is 1. The molecule has 2 aromatic heterocycles. The number of alkyl halides is 3. The minimum Gasteiger partial charge on any atom is -0.487 e. The number of nitrogens with one attached hydrogen (secondary N) is 1. The number of aromatic nitrogens is 2. The fourth-order valence-electron chi connectivity index (χ4n) is 4.04. The highest BCUT2D eigenvalue weighted by Crippen LogP contribution is 2.37. The van der Waals surface area contributed by atoms with Crippen LogP contribution in [0.1, 0.15) is 24.6 Å². The van der Waals surface area contributed by atoms with Crippen molar-refractivity contribution in [3.63, 3.8) is 0 Å². The number of fused-ring (bicyclic) bond motifs is 1. The first kappa shape index (κ1) is 24.2. The molecule has 0 spiro atoms. The average molecular weight is 498 g/mol. The first-order valence-corrected chi connectivity index (χ1v) is 11.2. The number of halogens is 4. The standard InChI is InChI=1S/C22H23ClF3N5O3/c1-2-34-19-5-4-14(10-17(19)31(32)33)20-18(13-29-8-3-6-27-7-9-29)30-12-15(22(24,25)26)11-16(23)21(30)28-20/h4-5,10-12,27H,2-3,6-9,13H2,1H3. The molecule has 0 aliphatic carbocycles. The minimum absolute atomic E-state index is 0.109. The van der Waals surface area contributed by atoms with Gasteiger partial charge in [0, 0.05) is 37.5 Å². The van der Waals surface area contributed by atoms with E-state index < -0.39 is 16.7 Å². The molecule has 0 bridgehead atoms. The summed E-state index contributed by atoms with van der Waals surface area (Å²) < 4.78 is 47.3. The fourth-order valence-corrected chi connectivity index (χ4v) is 4.30. The summed E-state index contributed by atoms with van der Waals surface area (Å²) in [5, 5.41) is 14.8. The third-order valence-electron chi connectivity index (χ3n) is 5.64. The molecule has 0 saturated carbocycles. The largest absolute Gasteiger partial charge is 0.487 e. The third kappa shape index (κ3) is 4.96. The average Bonchev–Trinajstić information content (AvgIpc) is 2.95. The maximum Gasteiger partial charge on any atom is 0.417 e. The first-order valence-electron chi connectivity index (χ1n) is 10.8. The molecule has 1 fully saturated rings. The molecule has 3 heterocycles. The molecule has 12 heteroatoms. The van der Waals surface area contributed by atoms with E-state index in [2.05, 4.69) is 15.2 Å². The first-order chi connectivity index (χ1) is 16.2. The summed E-state index contributed by atoms with van der Waals surface area (Å²) in [5.74, 6) is 0.109. The number of nitro groups is 1. The van der Waals surface area contributed by atoms with Crippen molar-refractivity contribution in [2.45, 2.75) is 26.1 Å². The van der Waals surface area contributed by atoms with Gasteiger partial charge in [-0.15, -0.1) is 0 Å². The van der Waals surface area contributed by atoms with E-state index in [-0.39, 0.29) is 28.7 Å². The molecular weight excluding hydrogens is 475 g/mol. The van der Waals surface area contributed by atoms with Crippen LogP contribution in [0, 0.1) is 10.1 Å². The van der Waals surface area contributed by atoms with Crippen molar-refractivity contribution in [2.75, 3.05) is 32.8 Å². The van der Waals surface area contributed by atoms with Crippen LogP contribution >= 0.6 is 11.6 Å². The van der Waals surface area contributed by atoms with Gasteiger partial charge in [-0.25, -0.2) is 4.98 Å². The number of nitro benzene ring substituents is 1. The molecule has 1 aliphatic rings. The molecule has 3 aromatic rings. The lowest BCUT2D eigenvalue weighted by atomic mass is 10.1. The van der Waals surface area contributed by atoms with Gasteiger partial charge in [-0.05, 0) is 44.6 Å². The molecule has 1 aliphatic heterocycles. The number of hydrogen-bond acceptors (Lipinski definition) is 6. The number of ether oxygens (including phenoxy) is 1. The van der Waals surface area contributed by atoms with Crippen LogP contribution in [0.5, 0.6) is 5.75 Å². The van der Waals surface area contributed by atoms with E-state index in [1.165, 1.54) is 16.5 Å². The van der Waals surface area contributed by atoms with Gasteiger partial charge in [-0.2, -0.15) is 13.2 Å². The highest BCUT2D eigenvalue weighted by Gasteiger charge is 2.33. The van der Waals surface area contributed by atoms with Crippen LogP contribution in [0.2, 0.25) is 5.02 Å². The molecule has 0 radical (unpaired) electrons. The second kappa shape index (κ2) is 9.77. The Labute approximate surface area is 198 Å². The van der Waals surface area contributed by atoms with Gasteiger partial charge in [0.2, 0.25) is 0 Å². The third-order valence-corrected chi connectivity index (χ3v) is 5.91. The van der Waals surface area contributed by atoms with Crippen molar-refractivity contribution in [2.24, 2.45) is 0 Å². The van der Waals surface area contributed by atoms with Crippen LogP contribution in [-0.2, 0) is 12.7 Å². The summed E-state index contributed by atoms with van der Waals surface area (Å²) in [6.45, 7) is 5.31. The van der Waals surface area contributed by atoms with Crippen LogP contribution in [0.3, 0.4) is 0 Å². The van der Waals surface area contributed by atoms with E-state index in [9.17, 15) is 23.3 Å². The molecule has 4 rings (SSSR count). The van der Waals surface area contributed by atoms with Crippen molar-refractivity contribution in [1.29, 1.82) is 0 Å². The summed E-state index contributed by atoms with van der Waals surface area (Å²) >= 11 is 6.22. The van der Waals surface area contributed by atoms with Crippen LogP contribution in [-0.4, -0.2) is 52.0 Å². The predicted octanol–water partition coefficient (Wildman–Crippen LogP) is 4.78. The number of rotatable bonds is 6. The Kier molecular flexibility index (Phi) is 6.96. The lowest BCUT2D eigenvalue weighted by molar-refractivity contribution is -0.385. The normalized spacial score (nSPS) is 15.4. The molecule has 0 amide bonds. The molecule has 1 aromatic carbocycles. The monoisotopic (exact) mass is 497 g/mol. The zero-order chi connectivity index (χ0) is 24.5. The summed E-state index contributed by atoms with van der Waals surface area (Å²) in [4.78, 5) is 17.7. The summed E-state index contributed by atoms with van der Waals surface area (Å²) in [6.07, 6.45) is -2.73. The van der Waals surface area contributed by atoms with Gasteiger partial charge in [0.1, 0.15) is 0 Å². The quantitative estimate of drug-likeness (QED) is 0.390. The van der Waals surface area contributed by atoms with E-state index in [0.717, 1.165) is 38.3 Å². The second-order valence-corrected chi connectivity index (χ2v) is 8.33. The molecule has 0 atom stereocenters. The molecule has 1 N–H and O–H groups in total. The summed E-state index contributed by atoms with van der Waals surface area (Å²) in [6, 6.07) is 5.27. The zero-order valence-electron chi connectivity index (χ0n) is 18.4. The van der Waals surface area contributed by atoms with Gasteiger partial charge in [0.25, 0.3) is 0 Å². The Balaban J connectivity index is 1.91. The maximum absolute atomic E-state index is 13.5. The molecule has 182 valence electrons. The van der Waals surface area contributed by atoms with Gasteiger partial charge in [0.15, 0.2) is 11.4 Å². The van der Waals surface area contributed by atoms with Crippen molar-refractivity contribution in [3.05, 3.63) is 56.9 Å². The Hall–Kier alpha value is -2.89. The van der Waals surface area contributed by atoms with Crippen molar-refractivity contribution in [1.82, 2.24) is 19.6 Å². The number of hydrogen-bond donors (Lipinski definition) is 1. The Bertz CT molecular complexity index is 1210. The fraction of sp³-hybridized carbons (Fsp3) is 0.409. The summed E-state index contributed by atoms with van der Waals surface area (Å²) in [7, 11) is 0. The smallest absolute Gasteiger partial charge is 0.417 e. The lowest BCUT2D eigenvalue weighted by Gasteiger charge is -2.20. The second-order valence-electron chi connectivity index (χ2n) is 7.93. The van der Waals surface area contributed by atoms with Crippen molar-refractivity contribution < 1.29 is 22.8 Å². The van der Waals surface area contributed by atoms with E-state index in [1.807, 2.05) is 0 Å². The van der Waals surface area contributed by atoms with Crippen molar-refractivity contribution >= 4 is 22.9 Å². The summed E-state index contributed by atoms with van der Waals surface area (Å²) in [5.41, 5.74) is 0.220. The minimum atomic E-state index is -4.59. The van der Waals surface area contributed by atoms with E-state index in [1.54, 1.807) is 13.0 Å². The molecule has 34 heavy (non-hydrogen) atoms. The van der Waals surface area contributed by atoms with Crippen LogP contribution < -0.4 is 10.1 Å². The van der Waals surface area contributed by atoms with Gasteiger partial charge in [-0.1, -0.05) is 11.6 Å². The molecule has 8 nitrogen and oxygen atoms in total. The lowest BCUT2D eigenvalue weighted by Crippen LogP contribution is -2.28. The van der Waals surface area contributed by atoms with Gasteiger partial charge in [-0.3, -0.25) is 15.0 Å². The Morgan fingerprint density at radius 2 is 2.06 bits per heavy atom. The van der Waals surface area contributed by atoms with Crippen LogP contribution in [0.15, 0.2) is 30.5 Å². The van der Waals surface area contributed by atoms with Crippen LogP contribution in [0.4, 0.5) is 18.9 Å². The van der Waals surface area contributed by atoms with Crippen molar-refractivity contribution in [3.8, 4) is 17.0 Å². The number of nitrogens with zero attached hydrogens (tertiary/aromatic N) is 4. The SMILES string of the molecule is CCOc1ccc(-c2nc3c(Cl)cc(C(F)(F)F)cn3c2CN2CCCNCC2)cc1[N+](=O)[O-]. The van der Waals surface area contributed by atoms with Gasteiger partial charge < -0.3 is 14.5 Å². The van der Waals surface area contributed by atoms with E-state index >= 15 is 0 Å². The maximum atomic E-state index is 13.5.